The zero-order valence-corrected chi connectivity index (χ0v) is 18.5. The number of carbonyl (C=O) groups is 2. The zero-order valence-electron chi connectivity index (χ0n) is 17.7. The largest absolute Gasteiger partial charge is 0.493 e. The van der Waals surface area contributed by atoms with Crippen LogP contribution in [-0.4, -0.2) is 56.9 Å². The number of nitrogens with one attached hydrogen (secondary N) is 4. The van der Waals surface area contributed by atoms with Crippen LogP contribution in [0.3, 0.4) is 0 Å². The molecule has 178 valence electrons. The summed E-state index contributed by atoms with van der Waals surface area (Å²) in [6, 6.07) is 5.50. The van der Waals surface area contributed by atoms with Crippen molar-refractivity contribution in [1.82, 2.24) is 20.2 Å². The van der Waals surface area contributed by atoms with E-state index in [-0.39, 0.29) is 39.6 Å². The number of H-pyrrole nitrogens is 2. The van der Waals surface area contributed by atoms with Gasteiger partial charge < -0.3 is 36.0 Å². The minimum Gasteiger partial charge on any atom is -0.493 e. The van der Waals surface area contributed by atoms with E-state index in [1.165, 1.54) is 32.4 Å². The fourth-order valence-electron chi connectivity index (χ4n) is 2.60. The van der Waals surface area contributed by atoms with Crippen LogP contribution in [0.4, 0.5) is 23.1 Å². The van der Waals surface area contributed by atoms with E-state index in [1.54, 1.807) is 0 Å². The number of nitro groups is 1. The highest BCUT2D eigenvalue weighted by Crippen LogP contribution is 2.28. The van der Waals surface area contributed by atoms with Crippen LogP contribution in [0, 0.1) is 10.1 Å². The third kappa shape index (κ3) is 5.60. The van der Waals surface area contributed by atoms with Crippen LogP contribution in [0.5, 0.6) is 11.5 Å². The molecule has 6 N–H and O–H groups in total. The molecule has 2 aromatic heterocycles. The maximum atomic E-state index is 12.6. The first-order valence-electron chi connectivity index (χ1n) is 9.27. The SMILES string of the molecule is COc1ccc(C(=O)Nc2c(N)nc(SCC(=O)Nc3cc([N+](=O)[O-])[nH]n3)[nH]c2=O)cc1OC. The maximum Gasteiger partial charge on any atom is 0.344 e. The summed E-state index contributed by atoms with van der Waals surface area (Å²) >= 11 is 0.849. The first-order valence-corrected chi connectivity index (χ1v) is 10.3. The van der Waals surface area contributed by atoms with E-state index in [2.05, 4.69) is 30.8 Å². The van der Waals surface area contributed by atoms with Gasteiger partial charge in [0, 0.05) is 5.56 Å². The van der Waals surface area contributed by atoms with Gasteiger partial charge in [0.05, 0.1) is 26.0 Å². The highest BCUT2D eigenvalue weighted by atomic mass is 32.2. The highest BCUT2D eigenvalue weighted by molar-refractivity contribution is 7.99. The second-order valence-electron chi connectivity index (χ2n) is 6.39. The highest BCUT2D eigenvalue weighted by Gasteiger charge is 2.17. The number of anilines is 3. The van der Waals surface area contributed by atoms with E-state index < -0.39 is 22.3 Å². The molecule has 34 heavy (non-hydrogen) atoms. The normalized spacial score (nSPS) is 10.4. The Morgan fingerprint density at radius 3 is 2.56 bits per heavy atom. The van der Waals surface area contributed by atoms with Gasteiger partial charge in [-0.25, -0.2) is 4.98 Å². The van der Waals surface area contributed by atoms with Crippen LogP contribution in [0.1, 0.15) is 10.4 Å². The molecule has 0 aliphatic heterocycles. The van der Waals surface area contributed by atoms with E-state index in [9.17, 15) is 24.5 Å². The predicted molar refractivity (Wildman–Crippen MR) is 121 cm³/mol. The number of rotatable bonds is 9. The Hall–Kier alpha value is -4.60. The average molecular weight is 490 g/mol. The van der Waals surface area contributed by atoms with Crippen LogP contribution >= 0.6 is 11.8 Å². The molecule has 0 aliphatic carbocycles. The molecule has 0 saturated heterocycles. The summed E-state index contributed by atoms with van der Waals surface area (Å²) in [5.74, 6) is -1.33. The van der Waals surface area contributed by atoms with Crippen molar-refractivity contribution in [2.75, 3.05) is 36.3 Å². The first kappa shape index (κ1) is 24.1. The maximum absolute atomic E-state index is 12.6. The lowest BCUT2D eigenvalue weighted by atomic mass is 10.2. The van der Waals surface area contributed by atoms with Gasteiger partial charge in [0.1, 0.15) is 5.69 Å². The number of methoxy groups -OCH3 is 2. The smallest absolute Gasteiger partial charge is 0.344 e. The first-order chi connectivity index (χ1) is 16.2. The molecular formula is C18H18N8O7S. The third-order valence-corrected chi connectivity index (χ3v) is 5.05. The van der Waals surface area contributed by atoms with Crippen LogP contribution in [0.2, 0.25) is 0 Å². The quantitative estimate of drug-likeness (QED) is 0.123. The number of thioether (sulfide) groups is 1. The predicted octanol–water partition coefficient (Wildman–Crippen LogP) is 0.984. The number of benzene rings is 1. The van der Waals surface area contributed by atoms with Gasteiger partial charge in [-0.05, 0) is 23.1 Å². The lowest BCUT2D eigenvalue weighted by Gasteiger charge is -2.11. The molecule has 2 amide bonds. The monoisotopic (exact) mass is 490 g/mol. The Bertz CT molecular complexity index is 1310. The number of nitrogens with two attached hydrogens (primary N) is 1. The van der Waals surface area contributed by atoms with Gasteiger partial charge in [-0.1, -0.05) is 16.9 Å². The van der Waals surface area contributed by atoms with Gasteiger partial charge in [-0.15, -0.1) is 5.10 Å². The molecule has 0 unspecified atom stereocenters. The number of carbonyl (C=O) groups excluding carboxylic acids is 2. The lowest BCUT2D eigenvalue weighted by Crippen LogP contribution is -2.23. The van der Waals surface area contributed by atoms with Crippen molar-refractivity contribution < 1.29 is 24.0 Å². The van der Waals surface area contributed by atoms with E-state index in [1.807, 2.05) is 0 Å². The molecule has 0 atom stereocenters. The van der Waals surface area contributed by atoms with E-state index >= 15 is 0 Å². The van der Waals surface area contributed by atoms with E-state index in [0.717, 1.165) is 17.8 Å². The van der Waals surface area contributed by atoms with E-state index in [4.69, 9.17) is 15.2 Å². The van der Waals surface area contributed by atoms with Crippen LogP contribution in [0.15, 0.2) is 34.2 Å². The number of hydrogen-bond donors (Lipinski definition) is 5. The summed E-state index contributed by atoms with van der Waals surface area (Å²) in [4.78, 5) is 53.3. The third-order valence-electron chi connectivity index (χ3n) is 4.18. The molecule has 3 aromatic rings. The zero-order chi connectivity index (χ0) is 24.8. The molecular weight excluding hydrogens is 472 g/mol. The van der Waals surface area contributed by atoms with Crippen molar-refractivity contribution in [3.8, 4) is 11.5 Å². The van der Waals surface area contributed by atoms with Crippen molar-refractivity contribution in [3.63, 3.8) is 0 Å². The Labute approximate surface area is 194 Å². The standard InChI is InChI=1S/C18H18N8O7S/c1-32-9-4-3-8(5-10(9)33-2)16(28)21-14-15(19)22-18(23-17(14)29)34-7-13(27)20-11-6-12(25-24-11)26(30)31/h3-6H,7H2,1-2H3,(H,21,28)(H3,19,22,23,29)(H2,20,24,25,27). The molecule has 0 spiro atoms. The minimum atomic E-state index is -0.729. The Morgan fingerprint density at radius 2 is 1.94 bits per heavy atom. The Balaban J connectivity index is 1.65. The number of nitrogens with zero attached hydrogens (tertiary/aromatic N) is 3. The number of nitrogen functional groups attached to an aromatic ring is 1. The second-order valence-corrected chi connectivity index (χ2v) is 7.35. The summed E-state index contributed by atoms with van der Waals surface area (Å²) < 4.78 is 10.3. The van der Waals surface area contributed by atoms with Gasteiger partial charge >= 0.3 is 5.82 Å². The molecule has 0 bridgehead atoms. The summed E-state index contributed by atoms with van der Waals surface area (Å²) in [6.45, 7) is 0. The fourth-order valence-corrected chi connectivity index (χ4v) is 3.27. The molecule has 15 nitrogen and oxygen atoms in total. The summed E-state index contributed by atoms with van der Waals surface area (Å²) in [5, 5.41) is 21.1. The average Bonchev–Trinajstić information content (AvgIpc) is 3.28. The second kappa shape index (κ2) is 10.3. The number of hydrogen-bond acceptors (Lipinski definition) is 11. The minimum absolute atomic E-state index is 0.0229. The molecule has 3 rings (SSSR count). The fraction of sp³-hybridized carbons (Fsp3) is 0.167. The van der Waals surface area contributed by atoms with Crippen LogP contribution < -0.4 is 31.4 Å². The van der Waals surface area contributed by atoms with Gasteiger partial charge in [-0.3, -0.25) is 19.4 Å². The van der Waals surface area contributed by atoms with Crippen molar-refractivity contribution in [3.05, 3.63) is 50.3 Å². The molecule has 0 fully saturated rings. The number of ether oxygens (including phenoxy) is 2. The van der Waals surface area contributed by atoms with Crippen molar-refractivity contribution >= 4 is 46.7 Å². The summed E-state index contributed by atoms with van der Waals surface area (Å²) in [7, 11) is 2.87. The summed E-state index contributed by atoms with van der Waals surface area (Å²) in [5.41, 5.74) is 5.02. The van der Waals surface area contributed by atoms with E-state index in [0.29, 0.717) is 11.5 Å². The van der Waals surface area contributed by atoms with Gasteiger partial charge in [-0.2, -0.15) is 0 Å². The molecule has 16 heteroatoms. The molecule has 2 heterocycles. The summed E-state index contributed by atoms with van der Waals surface area (Å²) in [6.07, 6.45) is 0. The van der Waals surface area contributed by atoms with Gasteiger partial charge in [0.15, 0.2) is 28.3 Å². The van der Waals surface area contributed by atoms with Gasteiger partial charge in [0.25, 0.3) is 11.5 Å². The van der Waals surface area contributed by atoms with Crippen molar-refractivity contribution in [2.45, 2.75) is 5.16 Å². The molecule has 0 saturated carbocycles. The topological polar surface area (TPSA) is 220 Å². The number of aromatic nitrogens is 4. The molecule has 0 radical (unpaired) electrons. The van der Waals surface area contributed by atoms with Crippen LogP contribution in [-0.2, 0) is 4.79 Å². The van der Waals surface area contributed by atoms with Crippen molar-refractivity contribution in [2.24, 2.45) is 0 Å². The molecule has 0 aliphatic rings. The number of aromatic amines is 2. The lowest BCUT2D eigenvalue weighted by molar-refractivity contribution is -0.389. The van der Waals surface area contributed by atoms with Crippen LogP contribution in [0.25, 0.3) is 0 Å². The Kier molecular flexibility index (Phi) is 7.32. The number of amides is 2. The molecule has 1 aromatic carbocycles. The Morgan fingerprint density at radius 1 is 1.21 bits per heavy atom. The van der Waals surface area contributed by atoms with Gasteiger partial charge in [0.2, 0.25) is 5.91 Å². The van der Waals surface area contributed by atoms with Crippen molar-refractivity contribution in [1.29, 1.82) is 0 Å².